The monoisotopic (exact) mass is 273 g/mol. The summed E-state index contributed by atoms with van der Waals surface area (Å²) in [6.45, 7) is 8.02. The fraction of sp³-hybridized carbons (Fsp3) is 0.667. The van der Waals surface area contributed by atoms with Gasteiger partial charge < -0.3 is 10.1 Å². The van der Waals surface area contributed by atoms with Crippen LogP contribution in [0.4, 0.5) is 0 Å². The minimum Gasteiger partial charge on any atom is -0.465 e. The lowest BCUT2D eigenvalue weighted by Crippen LogP contribution is -2.52. The Balaban J connectivity index is 2.98. The molecule has 0 saturated carbocycles. The molecule has 0 radical (unpaired) electrons. The Labute approximate surface area is 112 Å². The van der Waals surface area contributed by atoms with Crippen molar-refractivity contribution in [2.75, 3.05) is 13.7 Å². The SMILES string of the molecule is CCOC(=O)C(C)(Cn1nc(C)c(Cl)c1C)NC. The Morgan fingerprint density at radius 3 is 2.56 bits per heavy atom. The first-order chi connectivity index (χ1) is 8.35. The molecule has 1 aromatic heterocycles. The summed E-state index contributed by atoms with van der Waals surface area (Å²) in [5.41, 5.74) is 0.791. The van der Waals surface area contributed by atoms with Gasteiger partial charge in [-0.05, 0) is 34.7 Å². The van der Waals surface area contributed by atoms with Crippen LogP contribution in [0.25, 0.3) is 0 Å². The number of nitrogens with one attached hydrogen (secondary N) is 1. The molecule has 5 nitrogen and oxygen atoms in total. The number of aryl methyl sites for hydroxylation is 1. The maximum atomic E-state index is 11.9. The van der Waals surface area contributed by atoms with Crippen LogP contribution in [0.5, 0.6) is 0 Å². The summed E-state index contributed by atoms with van der Waals surface area (Å²) in [6, 6.07) is 0. The number of aromatic nitrogens is 2. The lowest BCUT2D eigenvalue weighted by molar-refractivity contribution is -0.151. The van der Waals surface area contributed by atoms with E-state index >= 15 is 0 Å². The molecule has 1 unspecified atom stereocenters. The Hall–Kier alpha value is -1.07. The van der Waals surface area contributed by atoms with Gasteiger partial charge in [-0.2, -0.15) is 5.10 Å². The summed E-state index contributed by atoms with van der Waals surface area (Å²) < 4.78 is 6.80. The van der Waals surface area contributed by atoms with E-state index in [0.29, 0.717) is 18.2 Å². The Bertz CT molecular complexity index is 445. The second-order valence-corrected chi connectivity index (χ2v) is 4.82. The Morgan fingerprint density at radius 1 is 1.56 bits per heavy atom. The molecule has 1 N–H and O–H groups in total. The highest BCUT2D eigenvalue weighted by molar-refractivity contribution is 6.31. The molecule has 0 saturated heterocycles. The molecule has 1 rings (SSSR count). The van der Waals surface area contributed by atoms with Gasteiger partial charge in [-0.15, -0.1) is 0 Å². The zero-order valence-corrected chi connectivity index (χ0v) is 12.3. The van der Waals surface area contributed by atoms with Gasteiger partial charge in [-0.3, -0.25) is 4.68 Å². The minimum absolute atomic E-state index is 0.295. The van der Waals surface area contributed by atoms with E-state index in [1.165, 1.54) is 0 Å². The number of esters is 1. The average Bonchev–Trinajstić information content (AvgIpc) is 2.57. The molecule has 1 aromatic rings. The molecule has 0 fully saturated rings. The predicted molar refractivity (Wildman–Crippen MR) is 70.8 cm³/mol. The molecule has 0 aromatic carbocycles. The molecule has 0 aliphatic rings. The summed E-state index contributed by atoms with van der Waals surface area (Å²) in [5, 5.41) is 7.95. The Kier molecular flexibility index (Phi) is 4.76. The second-order valence-electron chi connectivity index (χ2n) is 4.45. The van der Waals surface area contributed by atoms with E-state index in [1.807, 2.05) is 13.8 Å². The van der Waals surface area contributed by atoms with E-state index in [2.05, 4.69) is 10.4 Å². The summed E-state index contributed by atoms with van der Waals surface area (Å²) in [4.78, 5) is 11.9. The van der Waals surface area contributed by atoms with Gasteiger partial charge in [0, 0.05) is 0 Å². The molecule has 0 aliphatic heterocycles. The number of hydrogen-bond donors (Lipinski definition) is 1. The number of likely N-dealkylation sites (N-methyl/N-ethyl adjacent to an activating group) is 1. The fourth-order valence-electron chi connectivity index (χ4n) is 1.66. The Morgan fingerprint density at radius 2 is 2.17 bits per heavy atom. The molecular formula is C12H20ClN3O2. The van der Waals surface area contributed by atoms with Gasteiger partial charge in [0.25, 0.3) is 0 Å². The summed E-state index contributed by atoms with van der Waals surface area (Å²) >= 11 is 6.09. The highest BCUT2D eigenvalue weighted by atomic mass is 35.5. The maximum Gasteiger partial charge on any atom is 0.327 e. The van der Waals surface area contributed by atoms with Crippen molar-refractivity contribution < 1.29 is 9.53 Å². The van der Waals surface area contributed by atoms with Crippen molar-refractivity contribution in [3.05, 3.63) is 16.4 Å². The van der Waals surface area contributed by atoms with E-state index in [4.69, 9.17) is 16.3 Å². The van der Waals surface area contributed by atoms with Gasteiger partial charge in [0.05, 0.1) is 29.6 Å². The minimum atomic E-state index is -0.817. The first-order valence-electron chi connectivity index (χ1n) is 5.91. The number of nitrogens with zero attached hydrogens (tertiary/aromatic N) is 2. The van der Waals surface area contributed by atoms with Crippen LogP contribution in [0.15, 0.2) is 0 Å². The van der Waals surface area contributed by atoms with Crippen LogP contribution in [-0.2, 0) is 16.1 Å². The molecule has 0 amide bonds. The molecule has 6 heteroatoms. The molecule has 0 bridgehead atoms. The quantitative estimate of drug-likeness (QED) is 0.830. The van der Waals surface area contributed by atoms with Gasteiger partial charge in [-0.1, -0.05) is 11.6 Å². The largest absolute Gasteiger partial charge is 0.465 e. The predicted octanol–water partition coefficient (Wildman–Crippen LogP) is 1.69. The highest BCUT2D eigenvalue weighted by Crippen LogP contribution is 2.21. The molecule has 0 aliphatic carbocycles. The fourth-order valence-corrected chi connectivity index (χ4v) is 1.80. The molecule has 18 heavy (non-hydrogen) atoms. The zero-order valence-electron chi connectivity index (χ0n) is 11.5. The molecule has 0 spiro atoms. The third kappa shape index (κ3) is 2.84. The normalized spacial score (nSPS) is 14.3. The van der Waals surface area contributed by atoms with Crippen LogP contribution in [0.1, 0.15) is 25.2 Å². The smallest absolute Gasteiger partial charge is 0.327 e. The van der Waals surface area contributed by atoms with Gasteiger partial charge in [0.15, 0.2) is 0 Å². The second kappa shape index (κ2) is 5.71. The first kappa shape index (κ1) is 15.0. The number of rotatable bonds is 5. The van der Waals surface area contributed by atoms with Gasteiger partial charge in [0.1, 0.15) is 5.54 Å². The molecule has 1 heterocycles. The van der Waals surface area contributed by atoms with Crippen molar-refractivity contribution in [3.8, 4) is 0 Å². The lowest BCUT2D eigenvalue weighted by Gasteiger charge is -2.27. The zero-order chi connectivity index (χ0) is 13.9. The molecular weight excluding hydrogens is 254 g/mol. The third-order valence-electron chi connectivity index (χ3n) is 3.04. The lowest BCUT2D eigenvalue weighted by atomic mass is 10.0. The standard InChI is InChI=1S/C12H20ClN3O2/c1-6-18-11(17)12(4,14-5)7-16-9(3)10(13)8(2)15-16/h14H,6-7H2,1-5H3. The van der Waals surface area contributed by atoms with Crippen LogP contribution >= 0.6 is 11.6 Å². The van der Waals surface area contributed by atoms with E-state index in [1.54, 1.807) is 25.6 Å². The highest BCUT2D eigenvalue weighted by Gasteiger charge is 2.34. The van der Waals surface area contributed by atoms with E-state index in [9.17, 15) is 4.79 Å². The van der Waals surface area contributed by atoms with Crippen LogP contribution in [0, 0.1) is 13.8 Å². The van der Waals surface area contributed by atoms with Crippen molar-refractivity contribution >= 4 is 17.6 Å². The number of halogens is 1. The van der Waals surface area contributed by atoms with Gasteiger partial charge >= 0.3 is 5.97 Å². The van der Waals surface area contributed by atoms with Crippen LogP contribution in [0.3, 0.4) is 0 Å². The summed E-state index contributed by atoms with van der Waals surface area (Å²) in [6.07, 6.45) is 0. The van der Waals surface area contributed by atoms with Crippen molar-refractivity contribution in [2.24, 2.45) is 0 Å². The van der Waals surface area contributed by atoms with Gasteiger partial charge in [-0.25, -0.2) is 4.79 Å². The van der Waals surface area contributed by atoms with Crippen LogP contribution in [-0.4, -0.2) is 34.9 Å². The van der Waals surface area contributed by atoms with Crippen molar-refractivity contribution in [1.29, 1.82) is 0 Å². The van der Waals surface area contributed by atoms with E-state index in [0.717, 1.165) is 11.4 Å². The molecule has 1 atom stereocenters. The maximum absolute atomic E-state index is 11.9. The topological polar surface area (TPSA) is 56.2 Å². The van der Waals surface area contributed by atoms with E-state index < -0.39 is 5.54 Å². The molecule has 102 valence electrons. The van der Waals surface area contributed by atoms with E-state index in [-0.39, 0.29) is 5.97 Å². The summed E-state index contributed by atoms with van der Waals surface area (Å²) in [5.74, 6) is -0.295. The number of ether oxygens (including phenoxy) is 1. The average molecular weight is 274 g/mol. The number of carbonyl (C=O) groups is 1. The van der Waals surface area contributed by atoms with Gasteiger partial charge in [0.2, 0.25) is 0 Å². The number of hydrogen-bond acceptors (Lipinski definition) is 4. The van der Waals surface area contributed by atoms with Crippen molar-refractivity contribution in [1.82, 2.24) is 15.1 Å². The third-order valence-corrected chi connectivity index (χ3v) is 3.58. The first-order valence-corrected chi connectivity index (χ1v) is 6.29. The van der Waals surface area contributed by atoms with Crippen molar-refractivity contribution in [2.45, 2.75) is 39.8 Å². The number of carbonyl (C=O) groups excluding carboxylic acids is 1. The van der Waals surface area contributed by atoms with Crippen LogP contribution < -0.4 is 5.32 Å². The van der Waals surface area contributed by atoms with Crippen LogP contribution in [0.2, 0.25) is 5.02 Å². The van der Waals surface area contributed by atoms with Crippen molar-refractivity contribution in [3.63, 3.8) is 0 Å². The summed E-state index contributed by atoms with van der Waals surface area (Å²) in [7, 11) is 1.73.